The number of hydrogen-bond acceptors (Lipinski definition) is 4. The molecule has 0 bridgehead atoms. The Morgan fingerprint density at radius 3 is 2.95 bits per heavy atom. The molecule has 2 rings (SSSR count). The van der Waals surface area contributed by atoms with Crippen LogP contribution in [0.2, 0.25) is 0 Å². The highest BCUT2D eigenvalue weighted by Gasteiger charge is 2.30. The topological polar surface area (TPSA) is 85.5 Å². The third-order valence-electron chi connectivity index (χ3n) is 3.59. The van der Waals surface area contributed by atoms with E-state index in [-0.39, 0.29) is 23.6 Å². The van der Waals surface area contributed by atoms with Crippen molar-refractivity contribution >= 4 is 11.8 Å². The first-order valence-electron chi connectivity index (χ1n) is 7.18. The first kappa shape index (κ1) is 15.3. The maximum absolute atomic E-state index is 12.1. The molecule has 2 amide bonds. The molecule has 114 valence electrons. The molecule has 0 radical (unpaired) electrons. The number of hydrogen-bond donors (Lipinski definition) is 1. The zero-order chi connectivity index (χ0) is 15.4. The minimum atomic E-state index is -0.618. The fourth-order valence-corrected chi connectivity index (χ4v) is 2.51. The van der Waals surface area contributed by atoms with E-state index in [0.717, 1.165) is 19.4 Å². The van der Waals surface area contributed by atoms with E-state index in [2.05, 4.69) is 4.98 Å². The third kappa shape index (κ3) is 3.51. The quantitative estimate of drug-likeness (QED) is 0.883. The molecular formula is C15H21N3O3. The molecule has 0 unspecified atom stereocenters. The molecule has 1 saturated heterocycles. The van der Waals surface area contributed by atoms with Gasteiger partial charge in [-0.3, -0.25) is 9.59 Å². The average molecular weight is 291 g/mol. The molecule has 0 aromatic carbocycles. The van der Waals surface area contributed by atoms with Crippen LogP contribution >= 0.6 is 0 Å². The first-order chi connectivity index (χ1) is 10.0. The number of carbonyl (C=O) groups is 2. The van der Waals surface area contributed by atoms with Crippen LogP contribution in [-0.2, 0) is 4.79 Å². The summed E-state index contributed by atoms with van der Waals surface area (Å²) in [4.78, 5) is 29.2. The van der Waals surface area contributed by atoms with Gasteiger partial charge in [0.25, 0.3) is 5.91 Å². The average Bonchev–Trinajstić information content (AvgIpc) is 2.92. The molecule has 1 aromatic heterocycles. The van der Waals surface area contributed by atoms with Crippen LogP contribution in [0.5, 0.6) is 5.75 Å². The lowest BCUT2D eigenvalue weighted by atomic mass is 10.1. The number of ether oxygens (including phenoxy) is 1. The van der Waals surface area contributed by atoms with Crippen LogP contribution in [0.4, 0.5) is 0 Å². The zero-order valence-corrected chi connectivity index (χ0v) is 12.4. The van der Waals surface area contributed by atoms with E-state index in [9.17, 15) is 9.59 Å². The highest BCUT2D eigenvalue weighted by molar-refractivity contribution is 5.93. The van der Waals surface area contributed by atoms with Crippen LogP contribution in [-0.4, -0.2) is 40.9 Å². The first-order valence-corrected chi connectivity index (χ1v) is 7.18. The van der Waals surface area contributed by atoms with Crippen molar-refractivity contribution in [3.05, 3.63) is 24.0 Å². The predicted molar refractivity (Wildman–Crippen MR) is 77.8 cm³/mol. The number of primary amides is 1. The molecule has 1 aliphatic rings. The number of rotatable bonds is 5. The van der Waals surface area contributed by atoms with Gasteiger partial charge in [0, 0.05) is 18.7 Å². The normalized spacial score (nSPS) is 18.0. The van der Waals surface area contributed by atoms with E-state index in [1.165, 1.54) is 6.20 Å². The van der Waals surface area contributed by atoms with E-state index in [4.69, 9.17) is 10.5 Å². The maximum Gasteiger partial charge on any atom is 0.271 e. The molecule has 6 nitrogen and oxygen atoms in total. The Morgan fingerprint density at radius 2 is 2.29 bits per heavy atom. The van der Waals surface area contributed by atoms with Crippen molar-refractivity contribution in [2.45, 2.75) is 32.7 Å². The lowest BCUT2D eigenvalue weighted by Crippen LogP contribution is -2.41. The summed E-state index contributed by atoms with van der Waals surface area (Å²) in [6.45, 7) is 4.90. The molecule has 1 atom stereocenters. The van der Waals surface area contributed by atoms with Crippen molar-refractivity contribution in [3.63, 3.8) is 0 Å². The van der Waals surface area contributed by atoms with Crippen LogP contribution < -0.4 is 10.5 Å². The van der Waals surface area contributed by atoms with Gasteiger partial charge in [0.1, 0.15) is 6.61 Å². The van der Waals surface area contributed by atoms with Gasteiger partial charge in [-0.2, -0.15) is 0 Å². The van der Waals surface area contributed by atoms with Crippen molar-refractivity contribution in [3.8, 4) is 5.75 Å². The lowest BCUT2D eigenvalue weighted by molar-refractivity contribution is -0.135. The highest BCUT2D eigenvalue weighted by Crippen LogP contribution is 2.22. The van der Waals surface area contributed by atoms with E-state index in [0.29, 0.717) is 12.4 Å². The van der Waals surface area contributed by atoms with Gasteiger partial charge in [-0.05, 0) is 25.0 Å². The summed E-state index contributed by atoms with van der Waals surface area (Å²) < 4.78 is 5.69. The Kier molecular flexibility index (Phi) is 4.77. The number of amides is 2. The number of likely N-dealkylation sites (tertiary alicyclic amines) is 1. The van der Waals surface area contributed by atoms with Crippen LogP contribution in [0.15, 0.2) is 18.3 Å². The SMILES string of the molecule is CC(C)C(=O)N1CCC[C@@H]1COc1cccnc1C(N)=O. The minimum absolute atomic E-state index is 0.0230. The van der Waals surface area contributed by atoms with Gasteiger partial charge in [0.15, 0.2) is 11.4 Å². The molecular weight excluding hydrogens is 270 g/mol. The number of nitrogens with zero attached hydrogens (tertiary/aromatic N) is 2. The second-order valence-corrected chi connectivity index (χ2v) is 5.51. The molecule has 6 heteroatoms. The Hall–Kier alpha value is -2.11. The van der Waals surface area contributed by atoms with E-state index in [1.807, 2.05) is 18.7 Å². The zero-order valence-electron chi connectivity index (χ0n) is 12.4. The van der Waals surface area contributed by atoms with Crippen LogP contribution in [0.25, 0.3) is 0 Å². The van der Waals surface area contributed by atoms with E-state index >= 15 is 0 Å². The van der Waals surface area contributed by atoms with Crippen molar-refractivity contribution in [2.75, 3.05) is 13.2 Å². The van der Waals surface area contributed by atoms with Gasteiger partial charge in [-0.15, -0.1) is 0 Å². The number of pyridine rings is 1. The third-order valence-corrected chi connectivity index (χ3v) is 3.59. The maximum atomic E-state index is 12.1. The molecule has 1 fully saturated rings. The summed E-state index contributed by atoms with van der Waals surface area (Å²) in [5.74, 6) is -0.131. The van der Waals surface area contributed by atoms with Gasteiger partial charge >= 0.3 is 0 Å². The summed E-state index contributed by atoms with van der Waals surface area (Å²) in [7, 11) is 0. The van der Waals surface area contributed by atoms with Crippen molar-refractivity contribution < 1.29 is 14.3 Å². The summed E-state index contributed by atoms with van der Waals surface area (Å²) in [5, 5.41) is 0. The smallest absolute Gasteiger partial charge is 0.271 e. The lowest BCUT2D eigenvalue weighted by Gasteiger charge is -2.26. The van der Waals surface area contributed by atoms with Gasteiger partial charge < -0.3 is 15.4 Å². The highest BCUT2D eigenvalue weighted by atomic mass is 16.5. The van der Waals surface area contributed by atoms with Crippen LogP contribution in [0.1, 0.15) is 37.2 Å². The van der Waals surface area contributed by atoms with Crippen molar-refractivity contribution in [1.82, 2.24) is 9.88 Å². The Balaban J connectivity index is 2.03. The Labute approximate surface area is 124 Å². The van der Waals surface area contributed by atoms with Crippen molar-refractivity contribution in [1.29, 1.82) is 0 Å². The van der Waals surface area contributed by atoms with Crippen LogP contribution in [0.3, 0.4) is 0 Å². The van der Waals surface area contributed by atoms with E-state index < -0.39 is 5.91 Å². The Morgan fingerprint density at radius 1 is 1.52 bits per heavy atom. The largest absolute Gasteiger partial charge is 0.489 e. The Bertz CT molecular complexity index is 531. The van der Waals surface area contributed by atoms with Gasteiger partial charge in [0.05, 0.1) is 6.04 Å². The summed E-state index contributed by atoms with van der Waals surface area (Å²) >= 11 is 0. The standard InChI is InChI=1S/C15H21N3O3/c1-10(2)15(20)18-8-4-5-11(18)9-21-12-6-3-7-17-13(12)14(16)19/h3,6-7,10-11H,4-5,8-9H2,1-2H3,(H2,16,19)/t11-/m1/s1. The van der Waals surface area contributed by atoms with Crippen molar-refractivity contribution in [2.24, 2.45) is 11.7 Å². The molecule has 2 N–H and O–H groups in total. The molecule has 0 spiro atoms. The summed E-state index contributed by atoms with van der Waals surface area (Å²) in [6.07, 6.45) is 3.38. The number of aromatic nitrogens is 1. The summed E-state index contributed by atoms with van der Waals surface area (Å²) in [6, 6.07) is 3.39. The van der Waals surface area contributed by atoms with E-state index in [1.54, 1.807) is 12.1 Å². The molecule has 0 aliphatic carbocycles. The second kappa shape index (κ2) is 6.56. The molecule has 0 saturated carbocycles. The molecule has 1 aliphatic heterocycles. The number of nitrogens with two attached hydrogens (primary N) is 1. The minimum Gasteiger partial charge on any atom is -0.489 e. The summed E-state index contributed by atoms with van der Waals surface area (Å²) in [5.41, 5.74) is 5.39. The molecule has 21 heavy (non-hydrogen) atoms. The fraction of sp³-hybridized carbons (Fsp3) is 0.533. The number of carbonyl (C=O) groups excluding carboxylic acids is 2. The van der Waals surface area contributed by atoms with Gasteiger partial charge in [-0.25, -0.2) is 4.98 Å². The predicted octanol–water partition coefficient (Wildman–Crippen LogP) is 1.21. The monoisotopic (exact) mass is 291 g/mol. The van der Waals surface area contributed by atoms with Gasteiger partial charge in [0.2, 0.25) is 5.91 Å². The van der Waals surface area contributed by atoms with Crippen LogP contribution in [0, 0.1) is 5.92 Å². The second-order valence-electron chi connectivity index (χ2n) is 5.51. The fourth-order valence-electron chi connectivity index (χ4n) is 2.51. The molecule has 2 heterocycles. The van der Waals surface area contributed by atoms with Gasteiger partial charge in [-0.1, -0.05) is 13.8 Å². The molecule has 1 aromatic rings.